The van der Waals surface area contributed by atoms with Crippen molar-refractivity contribution in [1.29, 1.82) is 0 Å². The van der Waals surface area contributed by atoms with Crippen LogP contribution in [-0.2, 0) is 19.1 Å². The van der Waals surface area contributed by atoms with Crippen molar-refractivity contribution in [2.24, 2.45) is 0 Å². The molecule has 1 radical (unpaired) electrons. The monoisotopic (exact) mass is 382 g/mol. The number of carbonyl (C=O) groups is 2. The fourth-order valence-electron chi connectivity index (χ4n) is 5.20. The molecule has 0 atom stereocenters. The summed E-state index contributed by atoms with van der Waals surface area (Å²) in [6.07, 6.45) is 2.22. The highest BCUT2D eigenvalue weighted by atomic mass is 16.6. The molecule has 2 N–H and O–H groups in total. The molecule has 0 aromatic rings. The number of ether oxygens (including phenoxy) is 2. The second kappa shape index (κ2) is 7.36. The van der Waals surface area contributed by atoms with Crippen LogP contribution in [0, 0.1) is 0 Å². The van der Waals surface area contributed by atoms with Crippen molar-refractivity contribution in [3.05, 3.63) is 0 Å². The zero-order valence-electron chi connectivity index (χ0n) is 18.3. The molecule has 0 amide bonds. The van der Waals surface area contributed by atoms with Crippen LogP contribution in [0.2, 0.25) is 0 Å². The average molecular weight is 383 g/mol. The van der Waals surface area contributed by atoms with E-state index in [1.54, 1.807) is 0 Å². The predicted molar refractivity (Wildman–Crippen MR) is 103 cm³/mol. The van der Waals surface area contributed by atoms with Crippen molar-refractivity contribution in [3.8, 4) is 0 Å². The molecule has 2 heterocycles. The first-order valence-corrected chi connectivity index (χ1v) is 10.0. The maximum absolute atomic E-state index is 12.3. The topological polar surface area (TPSA) is 80.2 Å². The van der Waals surface area contributed by atoms with E-state index in [-0.39, 0.29) is 40.8 Å². The molecule has 0 aliphatic carbocycles. The quantitative estimate of drug-likeness (QED) is 0.573. The van der Waals surface area contributed by atoms with E-state index in [0.717, 1.165) is 25.7 Å². The van der Waals surface area contributed by atoms with E-state index in [4.69, 9.17) is 9.47 Å². The summed E-state index contributed by atoms with van der Waals surface area (Å²) < 4.78 is 11.2. The number of piperidine rings is 2. The van der Waals surface area contributed by atoms with Gasteiger partial charge in [-0.05, 0) is 55.4 Å². The predicted octanol–water partition coefficient (Wildman–Crippen LogP) is 1.84. The summed E-state index contributed by atoms with van der Waals surface area (Å²) in [4.78, 5) is 24.6. The lowest BCUT2D eigenvalue weighted by Crippen LogP contribution is -3.06. The Kier molecular flexibility index (Phi) is 6.04. The van der Waals surface area contributed by atoms with Gasteiger partial charge >= 0.3 is 11.9 Å². The fourth-order valence-corrected chi connectivity index (χ4v) is 5.20. The van der Waals surface area contributed by atoms with Gasteiger partial charge in [0.25, 0.3) is 0 Å². The normalized spacial score (nSPS) is 27.0. The molecule has 0 spiro atoms. The smallest absolute Gasteiger partial charge is 0.317 e. The molecule has 2 saturated heterocycles. The summed E-state index contributed by atoms with van der Waals surface area (Å²) in [5.41, 5.74) is -0.447. The third kappa shape index (κ3) is 7.07. The molecule has 0 unspecified atom stereocenters. The van der Waals surface area contributed by atoms with Crippen LogP contribution in [0.3, 0.4) is 0 Å². The lowest BCUT2D eigenvalue weighted by atomic mass is 9.81. The van der Waals surface area contributed by atoms with Crippen molar-refractivity contribution >= 4 is 11.9 Å². The van der Waals surface area contributed by atoms with Crippen LogP contribution in [0.5, 0.6) is 0 Å². The van der Waals surface area contributed by atoms with Gasteiger partial charge in [0.2, 0.25) is 0 Å². The van der Waals surface area contributed by atoms with Gasteiger partial charge < -0.3 is 14.8 Å². The summed E-state index contributed by atoms with van der Waals surface area (Å²) in [6.45, 7) is 16.8. The number of hydrogen-bond acceptors (Lipinski definition) is 6. The number of rotatable bonds is 4. The molecular formula is C21H38N2O4+. The molecule has 6 nitrogen and oxygen atoms in total. The minimum Gasteiger partial charge on any atom is -0.462 e. The van der Waals surface area contributed by atoms with Gasteiger partial charge in [-0.25, -0.2) is 0 Å². The Hall–Kier alpha value is -1.14. The number of nitrogens with one attached hydrogen (secondary N) is 2. The molecule has 0 bridgehead atoms. The van der Waals surface area contributed by atoms with Crippen molar-refractivity contribution < 1.29 is 24.4 Å². The molecule has 2 aliphatic rings. The third-order valence-electron chi connectivity index (χ3n) is 5.19. The van der Waals surface area contributed by atoms with Crippen LogP contribution < -0.4 is 10.6 Å². The molecule has 0 aromatic heterocycles. The highest BCUT2D eigenvalue weighted by Gasteiger charge is 2.47. The van der Waals surface area contributed by atoms with Crippen molar-refractivity contribution in [2.45, 2.75) is 122 Å². The second-order valence-corrected chi connectivity index (χ2v) is 11.0. The Labute approximate surface area is 164 Å². The first-order valence-electron chi connectivity index (χ1n) is 10.0. The summed E-state index contributed by atoms with van der Waals surface area (Å²) in [5, 5.41) is 7.11. The molecule has 0 aromatic carbocycles. The minimum atomic E-state index is -0.494. The lowest BCUT2D eigenvalue weighted by molar-refractivity contribution is -0.789. The zero-order valence-corrected chi connectivity index (χ0v) is 18.3. The van der Waals surface area contributed by atoms with Crippen LogP contribution in [0.25, 0.3) is 0 Å². The van der Waals surface area contributed by atoms with Crippen molar-refractivity contribution in [2.75, 3.05) is 0 Å². The van der Waals surface area contributed by atoms with Gasteiger partial charge in [0.05, 0.1) is 0 Å². The van der Waals surface area contributed by atoms with Gasteiger partial charge in [-0.2, -0.15) is 5.32 Å². The molecule has 155 valence electrons. The average Bonchev–Trinajstić information content (AvgIpc) is 2.28. The van der Waals surface area contributed by atoms with E-state index in [9.17, 15) is 9.59 Å². The van der Waals surface area contributed by atoms with E-state index in [2.05, 4.69) is 66.0 Å². The lowest BCUT2D eigenvalue weighted by Gasteiger charge is -2.45. The molecular weight excluding hydrogens is 344 g/mol. The van der Waals surface area contributed by atoms with Crippen LogP contribution >= 0.6 is 0 Å². The Morgan fingerprint density at radius 3 is 1.56 bits per heavy atom. The molecule has 2 aliphatic heterocycles. The van der Waals surface area contributed by atoms with Crippen LogP contribution in [0.15, 0.2) is 0 Å². The van der Waals surface area contributed by atoms with Crippen molar-refractivity contribution in [1.82, 2.24) is 5.32 Å². The minimum absolute atomic E-state index is 0.112. The van der Waals surface area contributed by atoms with E-state index in [1.807, 2.05) is 0 Å². The van der Waals surface area contributed by atoms with Crippen LogP contribution in [0.1, 0.15) is 87.5 Å². The van der Waals surface area contributed by atoms with Gasteiger partial charge in [0.15, 0.2) is 0 Å². The highest BCUT2D eigenvalue weighted by Crippen LogP contribution is 2.30. The molecule has 0 saturated carbocycles. The Morgan fingerprint density at radius 2 is 1.15 bits per heavy atom. The van der Waals surface area contributed by atoms with Crippen LogP contribution in [0.4, 0.5) is 0 Å². The number of esters is 2. The molecule has 27 heavy (non-hydrogen) atoms. The number of hydrogen-bond donors (Lipinski definition) is 2. The van der Waals surface area contributed by atoms with E-state index >= 15 is 0 Å². The van der Waals surface area contributed by atoms with E-state index < -0.39 is 11.9 Å². The standard InChI is InChI=1S/C21H38N2O4/c1-18(2)10-14(11-19(3,4)22-18)26-16(24)9-17(25)27-15-12-20(5,6)23-21(7,8)13-15/h14-15,22-23H,9-13H2,1-8H3/q+1. The first kappa shape index (κ1) is 22.2. The summed E-state index contributed by atoms with van der Waals surface area (Å²) in [7, 11) is 0. The van der Waals surface area contributed by atoms with Gasteiger partial charge in [-0.15, -0.1) is 0 Å². The Morgan fingerprint density at radius 1 is 0.778 bits per heavy atom. The molecule has 6 heteroatoms. The summed E-state index contributed by atoms with van der Waals surface area (Å²) in [6, 6.07) is 0. The van der Waals surface area contributed by atoms with Gasteiger partial charge in [-0.1, -0.05) is 0 Å². The largest absolute Gasteiger partial charge is 0.462 e. The van der Waals surface area contributed by atoms with E-state index in [1.165, 1.54) is 0 Å². The first-order chi connectivity index (χ1) is 12.1. The van der Waals surface area contributed by atoms with Crippen LogP contribution in [-0.4, -0.2) is 46.3 Å². The maximum atomic E-state index is 12.3. The third-order valence-corrected chi connectivity index (χ3v) is 5.19. The summed E-state index contributed by atoms with van der Waals surface area (Å²) in [5.74, 6) is -0.989. The maximum Gasteiger partial charge on any atom is 0.317 e. The summed E-state index contributed by atoms with van der Waals surface area (Å²) >= 11 is 0. The van der Waals surface area contributed by atoms with Gasteiger partial charge in [0.1, 0.15) is 29.7 Å². The Bertz CT molecular complexity index is 499. The van der Waals surface area contributed by atoms with Gasteiger partial charge in [0, 0.05) is 36.8 Å². The van der Waals surface area contributed by atoms with Crippen molar-refractivity contribution in [3.63, 3.8) is 0 Å². The fraction of sp³-hybridized carbons (Fsp3) is 0.905. The number of carbonyl (C=O) groups excluding carboxylic acids is 2. The molecule has 2 rings (SSSR count). The second-order valence-electron chi connectivity index (χ2n) is 11.0. The zero-order chi connectivity index (χ0) is 20.7. The van der Waals surface area contributed by atoms with E-state index in [0.29, 0.717) is 0 Å². The molecule has 2 fully saturated rings. The Balaban J connectivity index is 1.86. The SMILES string of the molecule is CC1(C)CC(OC(=O)CC(=O)OC2CC(C)(C)[NH+]C(C)(C)C2)CC(C)(C)N1. The van der Waals surface area contributed by atoms with Gasteiger partial charge in [-0.3, -0.25) is 9.59 Å². The highest BCUT2D eigenvalue weighted by molar-refractivity contribution is 5.91.